The molecule has 1 heterocycles. The van der Waals surface area contributed by atoms with Crippen molar-refractivity contribution in [1.82, 2.24) is 20.4 Å². The zero-order valence-electron chi connectivity index (χ0n) is 14.8. The molecule has 6 nitrogen and oxygen atoms in total. The van der Waals surface area contributed by atoms with Crippen LogP contribution in [0.5, 0.6) is 0 Å². The quantitative estimate of drug-likeness (QED) is 0.537. The molecule has 0 aliphatic heterocycles. The van der Waals surface area contributed by atoms with Gasteiger partial charge in [0.05, 0.1) is 0 Å². The monoisotopic (exact) mass is 331 g/mol. The van der Waals surface area contributed by atoms with Crippen molar-refractivity contribution in [2.45, 2.75) is 38.5 Å². The van der Waals surface area contributed by atoms with E-state index in [1.165, 1.54) is 31.3 Å². The Morgan fingerprint density at radius 3 is 2.75 bits per heavy atom. The molecule has 0 atom stereocenters. The van der Waals surface area contributed by atoms with Crippen LogP contribution in [-0.4, -0.2) is 54.7 Å². The lowest BCUT2D eigenvalue weighted by Gasteiger charge is -2.12. The Morgan fingerprint density at radius 1 is 1.21 bits per heavy atom. The van der Waals surface area contributed by atoms with Crippen molar-refractivity contribution in [3.8, 4) is 0 Å². The molecule has 1 aromatic rings. The minimum atomic E-state index is -0.155. The minimum Gasteiger partial charge on any atom is -0.369 e. The van der Waals surface area contributed by atoms with Crippen molar-refractivity contribution < 1.29 is 4.79 Å². The fraction of sp³-hybridized carbons (Fsp3) is 0.611. The van der Waals surface area contributed by atoms with Crippen LogP contribution >= 0.6 is 0 Å². The van der Waals surface area contributed by atoms with Crippen molar-refractivity contribution in [2.24, 2.45) is 0 Å². The average Bonchev–Trinajstić information content (AvgIpc) is 2.60. The van der Waals surface area contributed by atoms with Crippen LogP contribution in [0.15, 0.2) is 23.8 Å². The van der Waals surface area contributed by atoms with Crippen LogP contribution in [0, 0.1) is 0 Å². The predicted molar refractivity (Wildman–Crippen MR) is 97.2 cm³/mol. The van der Waals surface area contributed by atoms with Crippen LogP contribution < -0.4 is 10.6 Å². The topological polar surface area (TPSA) is 70.2 Å². The van der Waals surface area contributed by atoms with Gasteiger partial charge in [-0.05, 0) is 71.3 Å². The standard InChI is InChI=1S/C18H29N5O/c1-23(2)14-6-12-19-17-10-9-16(21-22-17)18(24)20-13-11-15-7-4-3-5-8-15/h7,9-10H,3-6,8,11-14H2,1-2H3,(H,19,22)(H,20,24). The number of rotatable bonds is 9. The average molecular weight is 331 g/mol. The van der Waals surface area contributed by atoms with E-state index in [1.807, 2.05) is 0 Å². The number of amides is 1. The van der Waals surface area contributed by atoms with E-state index in [0.717, 1.165) is 25.9 Å². The van der Waals surface area contributed by atoms with Crippen LogP contribution in [0.3, 0.4) is 0 Å². The molecule has 0 spiro atoms. The number of nitrogens with zero attached hydrogens (tertiary/aromatic N) is 3. The third-order valence-corrected chi connectivity index (χ3v) is 4.10. The van der Waals surface area contributed by atoms with Crippen molar-refractivity contribution in [3.63, 3.8) is 0 Å². The summed E-state index contributed by atoms with van der Waals surface area (Å²) in [4.78, 5) is 14.2. The van der Waals surface area contributed by atoms with Crippen molar-refractivity contribution in [1.29, 1.82) is 0 Å². The van der Waals surface area contributed by atoms with Crippen LogP contribution in [0.4, 0.5) is 5.82 Å². The van der Waals surface area contributed by atoms with Gasteiger partial charge in [0.25, 0.3) is 5.91 Å². The summed E-state index contributed by atoms with van der Waals surface area (Å²) in [7, 11) is 4.11. The molecule has 132 valence electrons. The first-order valence-electron chi connectivity index (χ1n) is 8.83. The highest BCUT2D eigenvalue weighted by Gasteiger charge is 2.09. The molecule has 0 saturated heterocycles. The maximum atomic E-state index is 12.1. The summed E-state index contributed by atoms with van der Waals surface area (Å²) in [6.07, 6.45) is 9.19. The number of carbonyl (C=O) groups is 1. The van der Waals surface area contributed by atoms with Gasteiger partial charge in [0, 0.05) is 13.1 Å². The maximum Gasteiger partial charge on any atom is 0.271 e. The lowest BCUT2D eigenvalue weighted by Crippen LogP contribution is -2.26. The molecule has 0 unspecified atom stereocenters. The molecule has 0 radical (unpaired) electrons. The van der Waals surface area contributed by atoms with Gasteiger partial charge in [-0.15, -0.1) is 10.2 Å². The van der Waals surface area contributed by atoms with E-state index in [1.54, 1.807) is 12.1 Å². The van der Waals surface area contributed by atoms with E-state index in [2.05, 4.69) is 45.9 Å². The largest absolute Gasteiger partial charge is 0.369 e. The highest BCUT2D eigenvalue weighted by molar-refractivity contribution is 5.92. The summed E-state index contributed by atoms with van der Waals surface area (Å²) in [6.45, 7) is 2.53. The third-order valence-electron chi connectivity index (χ3n) is 4.10. The molecule has 1 amide bonds. The van der Waals surface area contributed by atoms with Crippen molar-refractivity contribution in [2.75, 3.05) is 39.0 Å². The molecule has 1 aliphatic carbocycles. The number of nitrogens with one attached hydrogen (secondary N) is 2. The fourth-order valence-electron chi connectivity index (χ4n) is 2.72. The Labute approximate surface area is 144 Å². The van der Waals surface area contributed by atoms with Gasteiger partial charge < -0.3 is 15.5 Å². The Bertz CT molecular complexity index is 539. The lowest BCUT2D eigenvalue weighted by atomic mass is 9.97. The Kier molecular flexibility index (Phi) is 7.68. The number of allylic oxidation sites excluding steroid dienone is 1. The van der Waals surface area contributed by atoms with Crippen LogP contribution in [0.2, 0.25) is 0 Å². The normalized spacial score (nSPS) is 14.4. The van der Waals surface area contributed by atoms with E-state index in [9.17, 15) is 4.79 Å². The zero-order chi connectivity index (χ0) is 17.2. The van der Waals surface area contributed by atoms with Crippen LogP contribution in [-0.2, 0) is 0 Å². The van der Waals surface area contributed by atoms with E-state index in [-0.39, 0.29) is 5.91 Å². The maximum absolute atomic E-state index is 12.1. The first kappa shape index (κ1) is 18.4. The SMILES string of the molecule is CN(C)CCCNc1ccc(C(=O)NCCC2=CCCCC2)nn1. The molecular weight excluding hydrogens is 302 g/mol. The number of anilines is 1. The van der Waals surface area contributed by atoms with Crippen molar-refractivity contribution >= 4 is 11.7 Å². The second-order valence-electron chi connectivity index (χ2n) is 6.50. The smallest absolute Gasteiger partial charge is 0.271 e. The zero-order valence-corrected chi connectivity index (χ0v) is 14.8. The molecule has 1 aromatic heterocycles. The van der Waals surface area contributed by atoms with Gasteiger partial charge >= 0.3 is 0 Å². The summed E-state index contributed by atoms with van der Waals surface area (Å²) in [6, 6.07) is 3.53. The molecule has 2 rings (SSSR count). The second kappa shape index (κ2) is 10.0. The Hall–Kier alpha value is -1.95. The second-order valence-corrected chi connectivity index (χ2v) is 6.50. The third kappa shape index (κ3) is 6.66. The highest BCUT2D eigenvalue weighted by atomic mass is 16.1. The van der Waals surface area contributed by atoms with E-state index in [4.69, 9.17) is 0 Å². The number of carbonyl (C=O) groups excluding carboxylic acids is 1. The van der Waals surface area contributed by atoms with Gasteiger partial charge in [-0.25, -0.2) is 0 Å². The molecule has 6 heteroatoms. The van der Waals surface area contributed by atoms with E-state index < -0.39 is 0 Å². The predicted octanol–water partition coefficient (Wildman–Crippen LogP) is 2.46. The van der Waals surface area contributed by atoms with Gasteiger partial charge in [-0.2, -0.15) is 0 Å². The Morgan fingerprint density at radius 2 is 2.08 bits per heavy atom. The van der Waals surface area contributed by atoms with Gasteiger partial charge in [0.2, 0.25) is 0 Å². The van der Waals surface area contributed by atoms with E-state index in [0.29, 0.717) is 18.1 Å². The first-order valence-corrected chi connectivity index (χ1v) is 8.83. The minimum absolute atomic E-state index is 0.155. The van der Waals surface area contributed by atoms with Gasteiger partial charge in [-0.1, -0.05) is 11.6 Å². The Balaban J connectivity index is 1.69. The molecule has 0 aromatic carbocycles. The van der Waals surface area contributed by atoms with Crippen LogP contribution in [0.1, 0.15) is 49.0 Å². The first-order chi connectivity index (χ1) is 11.6. The summed E-state index contributed by atoms with van der Waals surface area (Å²) in [5.41, 5.74) is 1.83. The summed E-state index contributed by atoms with van der Waals surface area (Å²) >= 11 is 0. The highest BCUT2D eigenvalue weighted by Crippen LogP contribution is 2.19. The van der Waals surface area contributed by atoms with E-state index >= 15 is 0 Å². The molecule has 0 fully saturated rings. The number of hydrogen-bond acceptors (Lipinski definition) is 5. The number of aromatic nitrogens is 2. The lowest BCUT2D eigenvalue weighted by molar-refractivity contribution is 0.0948. The van der Waals surface area contributed by atoms with Gasteiger partial charge in [0.15, 0.2) is 5.69 Å². The molecule has 24 heavy (non-hydrogen) atoms. The molecule has 1 aliphatic rings. The molecular formula is C18H29N5O. The number of hydrogen-bond donors (Lipinski definition) is 2. The molecule has 0 saturated carbocycles. The fourth-order valence-corrected chi connectivity index (χ4v) is 2.72. The summed E-state index contributed by atoms with van der Waals surface area (Å²) in [5, 5.41) is 14.2. The summed E-state index contributed by atoms with van der Waals surface area (Å²) in [5.74, 6) is 0.552. The van der Waals surface area contributed by atoms with Gasteiger partial charge in [-0.3, -0.25) is 4.79 Å². The van der Waals surface area contributed by atoms with Crippen LogP contribution in [0.25, 0.3) is 0 Å². The van der Waals surface area contributed by atoms with Gasteiger partial charge in [0.1, 0.15) is 5.82 Å². The summed E-state index contributed by atoms with van der Waals surface area (Å²) < 4.78 is 0. The molecule has 2 N–H and O–H groups in total. The molecule has 0 bridgehead atoms. The van der Waals surface area contributed by atoms with Crippen molar-refractivity contribution in [3.05, 3.63) is 29.5 Å².